The Hall–Kier alpha value is -0.120. The van der Waals surface area contributed by atoms with Gasteiger partial charge in [-0.25, -0.2) is 0 Å². The molecule has 0 aromatic heterocycles. The van der Waals surface area contributed by atoms with Crippen LogP contribution in [-0.4, -0.2) is 35.6 Å². The molecule has 7 atom stereocenters. The van der Waals surface area contributed by atoms with Crippen molar-refractivity contribution < 1.29 is 14.6 Å². The highest BCUT2D eigenvalue weighted by molar-refractivity contribution is 5.09. The lowest BCUT2D eigenvalue weighted by molar-refractivity contribution is -0.149. The van der Waals surface area contributed by atoms with Gasteiger partial charge in [-0.05, 0) is 0 Å². The number of hydrogen-bond acceptors (Lipinski definition) is 3. The van der Waals surface area contributed by atoms with E-state index in [4.69, 9.17) is 9.47 Å². The lowest BCUT2D eigenvalue weighted by Crippen LogP contribution is -2.47. The van der Waals surface area contributed by atoms with Crippen LogP contribution in [0.3, 0.4) is 0 Å². The molecule has 0 saturated carbocycles. The van der Waals surface area contributed by atoms with E-state index in [1.165, 1.54) is 0 Å². The Kier molecular flexibility index (Phi) is 1.23. The van der Waals surface area contributed by atoms with Crippen molar-refractivity contribution in [2.24, 2.45) is 11.8 Å². The van der Waals surface area contributed by atoms with Crippen LogP contribution in [0.4, 0.5) is 0 Å². The molecule has 1 N–H and O–H groups in total. The predicted molar refractivity (Wildman–Crippen MR) is 41.7 cm³/mol. The molecule has 0 radical (unpaired) electrons. The van der Waals surface area contributed by atoms with Gasteiger partial charge < -0.3 is 14.6 Å². The van der Waals surface area contributed by atoms with Gasteiger partial charge in [-0.15, -0.1) is 0 Å². The fourth-order valence-corrected chi connectivity index (χ4v) is 3.02. The Balaban J connectivity index is 2.01. The summed E-state index contributed by atoms with van der Waals surface area (Å²) < 4.78 is 11.4. The second-order valence-corrected chi connectivity index (χ2v) is 4.34. The number of aliphatic hydroxyl groups is 1. The minimum atomic E-state index is -0.383. The summed E-state index contributed by atoms with van der Waals surface area (Å²) in [4.78, 5) is 0. The molecule has 0 amide bonds. The van der Waals surface area contributed by atoms with Crippen LogP contribution in [0, 0.1) is 11.8 Å². The fourth-order valence-electron chi connectivity index (χ4n) is 3.02. The average Bonchev–Trinajstić information content (AvgIpc) is 2.43. The summed E-state index contributed by atoms with van der Waals surface area (Å²) in [7, 11) is 0. The van der Waals surface area contributed by atoms with E-state index >= 15 is 0 Å². The van der Waals surface area contributed by atoms with Crippen LogP contribution in [0.1, 0.15) is 13.8 Å². The zero-order chi connectivity index (χ0) is 8.46. The number of rotatable bonds is 0. The highest BCUT2D eigenvalue weighted by atomic mass is 16.6. The standard InChI is InChI=1S/C9H14O3/c1-3-6-4(2)8-9(11-6)5(10)7(3)12-8/h3-10H,1-2H3/t3-,4?,5+,6+,7+,8-,9-/m1/s1. The number of aliphatic hydroxyl groups excluding tert-OH is 1. The van der Waals surface area contributed by atoms with E-state index in [2.05, 4.69) is 13.8 Å². The highest BCUT2D eigenvalue weighted by Gasteiger charge is 2.63. The summed E-state index contributed by atoms with van der Waals surface area (Å²) in [5, 5.41) is 9.74. The fraction of sp³-hybridized carbons (Fsp3) is 1.00. The summed E-state index contributed by atoms with van der Waals surface area (Å²) in [6.45, 7) is 4.26. The quantitative estimate of drug-likeness (QED) is 0.563. The molecule has 4 fully saturated rings. The van der Waals surface area contributed by atoms with E-state index < -0.39 is 0 Å². The predicted octanol–water partition coefficient (Wildman–Crippen LogP) is 0.168. The first-order valence-corrected chi connectivity index (χ1v) is 4.69. The van der Waals surface area contributed by atoms with Gasteiger partial charge in [-0.1, -0.05) is 13.8 Å². The molecule has 0 aliphatic carbocycles. The van der Waals surface area contributed by atoms with Gasteiger partial charge in [-0.2, -0.15) is 0 Å². The van der Waals surface area contributed by atoms with Crippen molar-refractivity contribution in [3.05, 3.63) is 0 Å². The largest absolute Gasteiger partial charge is 0.388 e. The van der Waals surface area contributed by atoms with Crippen LogP contribution in [0.5, 0.6) is 0 Å². The summed E-state index contributed by atoms with van der Waals surface area (Å²) in [5.74, 6) is 0.809. The van der Waals surface area contributed by atoms with E-state index in [0.717, 1.165) is 0 Å². The van der Waals surface area contributed by atoms with Gasteiger partial charge in [0.15, 0.2) is 0 Å². The van der Waals surface area contributed by atoms with Crippen molar-refractivity contribution in [3.8, 4) is 0 Å². The molecule has 68 valence electrons. The first kappa shape index (κ1) is 7.30. The van der Waals surface area contributed by atoms with Crippen molar-refractivity contribution in [2.75, 3.05) is 0 Å². The second kappa shape index (κ2) is 2.03. The number of ether oxygens (including phenoxy) is 2. The third kappa shape index (κ3) is 0.605. The third-order valence-corrected chi connectivity index (χ3v) is 3.70. The van der Waals surface area contributed by atoms with Crippen molar-refractivity contribution >= 4 is 0 Å². The topological polar surface area (TPSA) is 38.7 Å². The molecule has 4 heterocycles. The molecule has 0 aromatic carbocycles. The van der Waals surface area contributed by atoms with Gasteiger partial charge in [0.1, 0.15) is 12.2 Å². The smallest absolute Gasteiger partial charge is 0.113 e. The molecular formula is C9H14O3. The van der Waals surface area contributed by atoms with Crippen LogP contribution in [-0.2, 0) is 9.47 Å². The maximum atomic E-state index is 9.74. The van der Waals surface area contributed by atoms with E-state index in [1.54, 1.807) is 0 Å². The SMILES string of the molecule is CC1[C@H]2O[C@@H]3[C@@H](O)[C@@H](O[C@H]13)[C@@H]2C. The molecule has 0 spiro atoms. The minimum absolute atomic E-state index is 0.0359. The van der Waals surface area contributed by atoms with Gasteiger partial charge >= 0.3 is 0 Å². The average molecular weight is 170 g/mol. The molecule has 3 nitrogen and oxygen atoms in total. The monoisotopic (exact) mass is 170 g/mol. The van der Waals surface area contributed by atoms with Crippen LogP contribution in [0.25, 0.3) is 0 Å². The van der Waals surface area contributed by atoms with Crippen LogP contribution >= 0.6 is 0 Å². The maximum Gasteiger partial charge on any atom is 0.113 e. The normalized spacial score (nSPS) is 67.8. The van der Waals surface area contributed by atoms with Crippen LogP contribution in [0.15, 0.2) is 0 Å². The molecule has 12 heavy (non-hydrogen) atoms. The van der Waals surface area contributed by atoms with Crippen LogP contribution < -0.4 is 0 Å². The molecule has 4 aliphatic rings. The molecular weight excluding hydrogens is 156 g/mol. The van der Waals surface area contributed by atoms with Crippen molar-refractivity contribution in [1.82, 2.24) is 0 Å². The molecule has 1 unspecified atom stereocenters. The van der Waals surface area contributed by atoms with E-state index in [9.17, 15) is 5.11 Å². The van der Waals surface area contributed by atoms with Gasteiger partial charge in [-0.3, -0.25) is 0 Å². The Morgan fingerprint density at radius 3 is 2.08 bits per heavy atom. The number of hydrogen-bond donors (Lipinski definition) is 1. The first-order valence-electron chi connectivity index (χ1n) is 4.69. The van der Waals surface area contributed by atoms with Crippen LogP contribution in [0.2, 0.25) is 0 Å². The van der Waals surface area contributed by atoms with E-state index in [1.807, 2.05) is 0 Å². The van der Waals surface area contributed by atoms with Crippen molar-refractivity contribution in [1.29, 1.82) is 0 Å². The summed E-state index contributed by atoms with van der Waals surface area (Å²) in [6, 6.07) is 0. The van der Waals surface area contributed by atoms with Crippen molar-refractivity contribution in [3.63, 3.8) is 0 Å². The molecule has 4 bridgehead atoms. The molecule has 4 aliphatic heterocycles. The third-order valence-electron chi connectivity index (χ3n) is 3.70. The lowest BCUT2D eigenvalue weighted by Gasteiger charge is -2.37. The summed E-state index contributed by atoms with van der Waals surface area (Å²) in [6.07, 6.45) is 0.0979. The molecule has 0 aromatic rings. The van der Waals surface area contributed by atoms with Gasteiger partial charge in [0, 0.05) is 11.8 Å². The Morgan fingerprint density at radius 1 is 0.833 bits per heavy atom. The van der Waals surface area contributed by atoms with Gasteiger partial charge in [0.2, 0.25) is 0 Å². The van der Waals surface area contributed by atoms with E-state index in [-0.39, 0.29) is 24.4 Å². The van der Waals surface area contributed by atoms with Gasteiger partial charge in [0.25, 0.3) is 0 Å². The van der Waals surface area contributed by atoms with Gasteiger partial charge in [0.05, 0.1) is 18.3 Å². The molecule has 3 heteroatoms. The lowest BCUT2D eigenvalue weighted by atomic mass is 9.87. The summed E-state index contributed by atoms with van der Waals surface area (Å²) in [5.41, 5.74) is 0. The van der Waals surface area contributed by atoms with Crippen molar-refractivity contribution in [2.45, 2.75) is 44.4 Å². The zero-order valence-corrected chi connectivity index (χ0v) is 7.31. The maximum absolute atomic E-state index is 9.74. The first-order chi connectivity index (χ1) is 5.70. The summed E-state index contributed by atoms with van der Waals surface area (Å²) >= 11 is 0. The Bertz CT molecular complexity index is 188. The van der Waals surface area contributed by atoms with E-state index in [0.29, 0.717) is 17.9 Å². The molecule has 4 rings (SSSR count). The Labute approximate surface area is 71.7 Å². The zero-order valence-electron chi connectivity index (χ0n) is 7.31. The molecule has 4 saturated heterocycles. The Morgan fingerprint density at radius 2 is 1.42 bits per heavy atom. The second-order valence-electron chi connectivity index (χ2n) is 4.34. The minimum Gasteiger partial charge on any atom is -0.388 e. The highest BCUT2D eigenvalue weighted by Crippen LogP contribution is 2.49.